The van der Waals surface area contributed by atoms with Gasteiger partial charge in [0.1, 0.15) is 11.6 Å². The quantitative estimate of drug-likeness (QED) is 0.297. The molecule has 8 nitrogen and oxygen atoms in total. The third kappa shape index (κ3) is 4.29. The van der Waals surface area contributed by atoms with Crippen LogP contribution in [0.5, 0.6) is 0 Å². The van der Waals surface area contributed by atoms with Crippen molar-refractivity contribution in [2.45, 2.75) is 13.0 Å². The number of fused-ring (bicyclic) bond motifs is 1. The average molecular weight is 385 g/mol. The van der Waals surface area contributed by atoms with Crippen LogP contribution in [0.4, 0.5) is 11.4 Å². The fourth-order valence-corrected chi connectivity index (χ4v) is 2.95. The van der Waals surface area contributed by atoms with E-state index < -0.39 is 10.8 Å². The normalized spacial score (nSPS) is 10.9. The fraction of sp³-hybridized carbons (Fsp3) is 0.0952. The third-order valence-electron chi connectivity index (χ3n) is 4.26. The number of nitrogens with zero attached hydrogens (tertiary/aromatic N) is 4. The van der Waals surface area contributed by atoms with E-state index in [-0.39, 0.29) is 16.9 Å². The second-order valence-electron chi connectivity index (χ2n) is 6.13. The van der Waals surface area contributed by atoms with Crippen molar-refractivity contribution >= 4 is 34.3 Å². The van der Waals surface area contributed by atoms with Gasteiger partial charge in [0.15, 0.2) is 0 Å². The van der Waals surface area contributed by atoms with Crippen molar-refractivity contribution in [1.29, 1.82) is 10.5 Å². The molecule has 0 aliphatic carbocycles. The SMILES string of the molecule is N#CCCn1cc(/C=C(\C#N)C(=O)Nc2cccc([N+](=O)[O-])c2)c2ccccc21. The van der Waals surface area contributed by atoms with Gasteiger partial charge in [-0.25, -0.2) is 0 Å². The van der Waals surface area contributed by atoms with Gasteiger partial charge in [0.2, 0.25) is 0 Å². The van der Waals surface area contributed by atoms with Crippen molar-refractivity contribution in [2.24, 2.45) is 0 Å². The molecule has 1 amide bonds. The molecule has 0 bridgehead atoms. The molecule has 8 heteroatoms. The number of nitro groups is 1. The van der Waals surface area contributed by atoms with Crippen LogP contribution in [0.2, 0.25) is 0 Å². The van der Waals surface area contributed by atoms with Crippen molar-refractivity contribution in [2.75, 3.05) is 5.32 Å². The molecule has 0 aliphatic rings. The summed E-state index contributed by atoms with van der Waals surface area (Å²) in [4.78, 5) is 22.8. The first-order valence-electron chi connectivity index (χ1n) is 8.66. The maximum atomic E-state index is 12.5. The van der Waals surface area contributed by atoms with E-state index in [2.05, 4.69) is 11.4 Å². The maximum absolute atomic E-state index is 12.5. The van der Waals surface area contributed by atoms with Crippen LogP contribution in [0.15, 0.2) is 60.3 Å². The molecule has 0 unspecified atom stereocenters. The Labute approximate surface area is 166 Å². The third-order valence-corrected chi connectivity index (χ3v) is 4.26. The molecule has 0 saturated heterocycles. The van der Waals surface area contributed by atoms with Gasteiger partial charge in [0.05, 0.1) is 17.4 Å². The Kier molecular flexibility index (Phi) is 5.67. The Hall–Kier alpha value is -4.43. The molecule has 142 valence electrons. The molecule has 0 saturated carbocycles. The highest BCUT2D eigenvalue weighted by molar-refractivity contribution is 6.10. The van der Waals surface area contributed by atoms with Gasteiger partial charge in [-0.15, -0.1) is 0 Å². The van der Waals surface area contributed by atoms with Gasteiger partial charge >= 0.3 is 0 Å². The number of rotatable bonds is 6. The van der Waals surface area contributed by atoms with Crippen molar-refractivity contribution in [3.8, 4) is 12.1 Å². The number of carbonyl (C=O) groups is 1. The van der Waals surface area contributed by atoms with Crippen molar-refractivity contribution in [1.82, 2.24) is 4.57 Å². The largest absolute Gasteiger partial charge is 0.346 e. The highest BCUT2D eigenvalue weighted by Gasteiger charge is 2.14. The molecule has 2 aromatic carbocycles. The minimum Gasteiger partial charge on any atom is -0.346 e. The Bertz CT molecular complexity index is 1210. The van der Waals surface area contributed by atoms with E-state index in [4.69, 9.17) is 5.26 Å². The zero-order valence-electron chi connectivity index (χ0n) is 15.2. The molecular weight excluding hydrogens is 370 g/mol. The minimum atomic E-state index is -0.665. The van der Waals surface area contributed by atoms with Crippen LogP contribution < -0.4 is 5.32 Å². The van der Waals surface area contributed by atoms with E-state index >= 15 is 0 Å². The summed E-state index contributed by atoms with van der Waals surface area (Å²) < 4.78 is 1.90. The van der Waals surface area contributed by atoms with Crippen LogP contribution in [0.1, 0.15) is 12.0 Å². The number of para-hydroxylation sites is 1. The lowest BCUT2D eigenvalue weighted by Crippen LogP contribution is -2.13. The van der Waals surface area contributed by atoms with Crippen molar-refractivity contribution in [3.63, 3.8) is 0 Å². The predicted octanol–water partition coefficient (Wildman–Crippen LogP) is 4.01. The second-order valence-corrected chi connectivity index (χ2v) is 6.13. The summed E-state index contributed by atoms with van der Waals surface area (Å²) in [6.07, 6.45) is 3.60. The molecule has 0 fully saturated rings. The van der Waals surface area contributed by atoms with E-state index in [1.807, 2.05) is 34.9 Å². The number of aromatic nitrogens is 1. The van der Waals surface area contributed by atoms with Crippen LogP contribution in [-0.4, -0.2) is 15.4 Å². The number of hydrogen-bond donors (Lipinski definition) is 1. The number of benzene rings is 2. The molecule has 0 spiro atoms. The summed E-state index contributed by atoms with van der Waals surface area (Å²) in [5, 5.41) is 32.5. The summed E-state index contributed by atoms with van der Waals surface area (Å²) in [6, 6.07) is 17.0. The van der Waals surface area contributed by atoms with Crippen LogP contribution in [0.25, 0.3) is 17.0 Å². The number of hydrogen-bond acceptors (Lipinski definition) is 5. The first-order chi connectivity index (χ1) is 14.0. The maximum Gasteiger partial charge on any atom is 0.271 e. The Morgan fingerprint density at radius 1 is 1.21 bits per heavy atom. The highest BCUT2D eigenvalue weighted by Crippen LogP contribution is 2.24. The molecular formula is C21H15N5O3. The van der Waals surface area contributed by atoms with Crippen LogP contribution in [-0.2, 0) is 11.3 Å². The zero-order chi connectivity index (χ0) is 20.8. The van der Waals surface area contributed by atoms with E-state index in [1.54, 1.807) is 6.20 Å². The average Bonchev–Trinajstić information content (AvgIpc) is 3.08. The van der Waals surface area contributed by atoms with E-state index in [0.29, 0.717) is 18.5 Å². The van der Waals surface area contributed by atoms with Gasteiger partial charge in [0, 0.05) is 47.0 Å². The zero-order valence-corrected chi connectivity index (χ0v) is 15.2. The molecule has 1 heterocycles. The number of nitrogens with one attached hydrogen (secondary N) is 1. The number of carbonyl (C=O) groups excluding carboxylic acids is 1. The predicted molar refractivity (Wildman–Crippen MR) is 107 cm³/mol. The smallest absolute Gasteiger partial charge is 0.271 e. The molecule has 3 aromatic rings. The molecule has 29 heavy (non-hydrogen) atoms. The van der Waals surface area contributed by atoms with E-state index in [0.717, 1.165) is 10.9 Å². The Morgan fingerprint density at radius 2 is 2.00 bits per heavy atom. The molecule has 1 aromatic heterocycles. The van der Waals surface area contributed by atoms with Crippen molar-refractivity contribution in [3.05, 3.63) is 76.0 Å². The lowest BCUT2D eigenvalue weighted by Gasteiger charge is -2.04. The molecule has 0 atom stereocenters. The molecule has 3 rings (SSSR count). The number of non-ortho nitro benzene ring substituents is 1. The minimum absolute atomic E-state index is 0.139. The highest BCUT2D eigenvalue weighted by atomic mass is 16.6. The summed E-state index contributed by atoms with van der Waals surface area (Å²) in [6.45, 7) is 0.493. The Morgan fingerprint density at radius 3 is 2.72 bits per heavy atom. The Balaban J connectivity index is 1.93. The number of amides is 1. The topological polar surface area (TPSA) is 125 Å². The lowest BCUT2D eigenvalue weighted by molar-refractivity contribution is -0.384. The first kappa shape index (κ1) is 19.3. The van der Waals surface area contributed by atoms with Gasteiger partial charge in [0.25, 0.3) is 11.6 Å². The summed E-state index contributed by atoms with van der Waals surface area (Å²) >= 11 is 0. The fourth-order valence-electron chi connectivity index (χ4n) is 2.95. The lowest BCUT2D eigenvalue weighted by atomic mass is 10.1. The number of nitriles is 2. The van der Waals surface area contributed by atoms with Gasteiger partial charge in [-0.05, 0) is 18.2 Å². The van der Waals surface area contributed by atoms with Crippen molar-refractivity contribution < 1.29 is 9.72 Å². The van der Waals surface area contributed by atoms with E-state index in [9.17, 15) is 20.2 Å². The number of aryl methyl sites for hydroxylation is 1. The van der Waals surface area contributed by atoms with Crippen LogP contribution >= 0.6 is 0 Å². The molecule has 0 radical (unpaired) electrons. The number of nitro benzene ring substituents is 1. The number of anilines is 1. The first-order valence-corrected chi connectivity index (χ1v) is 8.66. The molecule has 1 N–H and O–H groups in total. The summed E-state index contributed by atoms with van der Waals surface area (Å²) in [7, 11) is 0. The summed E-state index contributed by atoms with van der Waals surface area (Å²) in [5.41, 5.74) is 1.49. The van der Waals surface area contributed by atoms with Crippen LogP contribution in [0, 0.1) is 32.8 Å². The van der Waals surface area contributed by atoms with Crippen LogP contribution in [0.3, 0.4) is 0 Å². The van der Waals surface area contributed by atoms with E-state index in [1.165, 1.54) is 30.3 Å². The van der Waals surface area contributed by atoms with Gasteiger partial charge in [-0.1, -0.05) is 24.3 Å². The monoisotopic (exact) mass is 385 g/mol. The standard InChI is InChI=1S/C21H15N5O3/c22-9-4-10-25-14-16(19-7-1-2-8-20(19)25)11-15(13-23)21(27)24-17-5-3-6-18(12-17)26(28)29/h1-3,5-8,11-12,14H,4,10H2,(H,24,27)/b15-11+. The second kappa shape index (κ2) is 8.51. The van der Waals surface area contributed by atoms with Gasteiger partial charge in [-0.2, -0.15) is 10.5 Å². The molecule has 0 aliphatic heterocycles. The van der Waals surface area contributed by atoms with Gasteiger partial charge in [-0.3, -0.25) is 14.9 Å². The summed E-state index contributed by atoms with van der Waals surface area (Å²) in [5.74, 6) is -0.665. The van der Waals surface area contributed by atoms with Gasteiger partial charge < -0.3 is 9.88 Å².